The van der Waals surface area contributed by atoms with Crippen LogP contribution in [0.25, 0.3) is 6.08 Å². The Balaban J connectivity index is 1.84. The summed E-state index contributed by atoms with van der Waals surface area (Å²) in [6, 6.07) is 10.5. The van der Waals surface area contributed by atoms with Crippen molar-refractivity contribution in [3.05, 3.63) is 56.8 Å². The summed E-state index contributed by atoms with van der Waals surface area (Å²) >= 11 is 2.06. The minimum absolute atomic E-state index is 0.156. The SMILES string of the molecule is CCOC(=O)COc1c(I)cc(C=C2N=C(c3ccc(OC)cc3)OC2=O)cc1OC. The predicted octanol–water partition coefficient (Wildman–Crippen LogP) is 3.59. The first-order valence-corrected chi connectivity index (χ1v) is 10.4. The maximum Gasteiger partial charge on any atom is 0.363 e. The summed E-state index contributed by atoms with van der Waals surface area (Å²) in [6.07, 6.45) is 1.60. The van der Waals surface area contributed by atoms with Gasteiger partial charge in [-0.1, -0.05) is 0 Å². The molecule has 0 saturated carbocycles. The van der Waals surface area contributed by atoms with Gasteiger partial charge in [-0.2, -0.15) is 0 Å². The molecule has 0 amide bonds. The molecule has 3 rings (SSSR count). The number of hydrogen-bond donors (Lipinski definition) is 0. The zero-order valence-electron chi connectivity index (χ0n) is 17.1. The first kappa shape index (κ1) is 22.6. The van der Waals surface area contributed by atoms with E-state index in [0.717, 1.165) is 0 Å². The number of halogens is 1. The number of benzene rings is 2. The van der Waals surface area contributed by atoms with Crippen molar-refractivity contribution in [3.63, 3.8) is 0 Å². The van der Waals surface area contributed by atoms with E-state index in [-0.39, 0.29) is 24.8 Å². The van der Waals surface area contributed by atoms with Gasteiger partial charge in [-0.15, -0.1) is 0 Å². The number of cyclic esters (lactones) is 1. The van der Waals surface area contributed by atoms with Crippen molar-refractivity contribution in [3.8, 4) is 17.2 Å². The van der Waals surface area contributed by atoms with E-state index in [1.54, 1.807) is 56.5 Å². The highest BCUT2D eigenvalue weighted by atomic mass is 127. The van der Waals surface area contributed by atoms with Crippen molar-refractivity contribution in [1.82, 2.24) is 0 Å². The lowest BCUT2D eigenvalue weighted by atomic mass is 10.1. The van der Waals surface area contributed by atoms with Gasteiger partial charge in [0.25, 0.3) is 0 Å². The molecule has 1 heterocycles. The molecule has 0 aliphatic carbocycles. The van der Waals surface area contributed by atoms with Crippen molar-refractivity contribution in [1.29, 1.82) is 0 Å². The molecule has 0 fully saturated rings. The summed E-state index contributed by atoms with van der Waals surface area (Å²) in [5, 5.41) is 0. The van der Waals surface area contributed by atoms with E-state index >= 15 is 0 Å². The van der Waals surface area contributed by atoms with Crippen molar-refractivity contribution < 1.29 is 33.3 Å². The average Bonchev–Trinajstić information content (AvgIpc) is 3.13. The van der Waals surface area contributed by atoms with Crippen LogP contribution in [0.3, 0.4) is 0 Å². The number of methoxy groups -OCH3 is 2. The standard InChI is InChI=1S/C22H20INO7/c1-4-29-19(25)12-30-20-16(23)9-13(11-18(20)28-3)10-17-22(26)31-21(24-17)14-5-7-15(27-2)8-6-14/h5-11H,4,12H2,1-3H3. The minimum atomic E-state index is -0.553. The van der Waals surface area contributed by atoms with E-state index in [0.29, 0.717) is 31.9 Å². The Bertz CT molecular complexity index is 1040. The Morgan fingerprint density at radius 2 is 1.90 bits per heavy atom. The fourth-order valence-corrected chi connectivity index (χ4v) is 3.50. The molecular weight excluding hydrogens is 517 g/mol. The van der Waals surface area contributed by atoms with Gasteiger partial charge in [-0.3, -0.25) is 0 Å². The molecule has 2 aromatic carbocycles. The Morgan fingerprint density at radius 3 is 2.55 bits per heavy atom. The van der Waals surface area contributed by atoms with Gasteiger partial charge in [0.1, 0.15) is 5.75 Å². The second kappa shape index (κ2) is 10.3. The number of carbonyl (C=O) groups excluding carboxylic acids is 2. The fourth-order valence-electron chi connectivity index (χ4n) is 2.72. The zero-order valence-corrected chi connectivity index (χ0v) is 19.3. The van der Waals surface area contributed by atoms with Crippen LogP contribution in [0.1, 0.15) is 18.1 Å². The summed E-state index contributed by atoms with van der Waals surface area (Å²) in [5.41, 5.74) is 1.48. The number of nitrogens with zero attached hydrogens (tertiary/aromatic N) is 1. The molecule has 0 atom stereocenters. The van der Waals surface area contributed by atoms with Crippen LogP contribution in [-0.2, 0) is 19.1 Å². The Hall–Kier alpha value is -3.08. The molecule has 0 saturated heterocycles. The summed E-state index contributed by atoms with van der Waals surface area (Å²) < 4.78 is 26.9. The summed E-state index contributed by atoms with van der Waals surface area (Å²) in [6.45, 7) is 1.77. The number of carbonyl (C=O) groups is 2. The van der Waals surface area contributed by atoms with Gasteiger partial charge in [0.15, 0.2) is 23.8 Å². The lowest BCUT2D eigenvalue weighted by Crippen LogP contribution is -2.15. The van der Waals surface area contributed by atoms with Crippen LogP contribution in [0.4, 0.5) is 0 Å². The lowest BCUT2D eigenvalue weighted by Gasteiger charge is -2.13. The maximum absolute atomic E-state index is 12.3. The third-order valence-corrected chi connectivity index (χ3v) is 4.95. The molecular formula is C22H20INO7. The highest BCUT2D eigenvalue weighted by molar-refractivity contribution is 14.1. The first-order valence-electron chi connectivity index (χ1n) is 9.28. The van der Waals surface area contributed by atoms with Crippen molar-refractivity contribution >= 4 is 46.5 Å². The fraction of sp³-hybridized carbons (Fsp3) is 0.227. The van der Waals surface area contributed by atoms with Crippen LogP contribution in [0.2, 0.25) is 0 Å². The van der Waals surface area contributed by atoms with Crippen LogP contribution in [0.5, 0.6) is 17.2 Å². The maximum atomic E-state index is 12.3. The van der Waals surface area contributed by atoms with Gasteiger partial charge in [0.2, 0.25) is 5.90 Å². The molecule has 162 valence electrons. The third-order valence-electron chi connectivity index (χ3n) is 4.15. The van der Waals surface area contributed by atoms with Crippen LogP contribution in [0.15, 0.2) is 47.1 Å². The molecule has 31 heavy (non-hydrogen) atoms. The van der Waals surface area contributed by atoms with Crippen LogP contribution in [-0.4, -0.2) is 45.3 Å². The molecule has 0 aromatic heterocycles. The smallest absolute Gasteiger partial charge is 0.363 e. The third kappa shape index (κ3) is 5.54. The predicted molar refractivity (Wildman–Crippen MR) is 121 cm³/mol. The number of hydrogen-bond acceptors (Lipinski definition) is 8. The number of aliphatic imine (C=N–C) groups is 1. The Morgan fingerprint density at radius 1 is 1.16 bits per heavy atom. The van der Waals surface area contributed by atoms with Crippen LogP contribution >= 0.6 is 22.6 Å². The minimum Gasteiger partial charge on any atom is -0.497 e. The Kier molecular flexibility index (Phi) is 7.50. The van der Waals surface area contributed by atoms with Gasteiger partial charge < -0.3 is 23.7 Å². The van der Waals surface area contributed by atoms with Gasteiger partial charge in [-0.05, 0) is 77.6 Å². The second-order valence-corrected chi connectivity index (χ2v) is 7.35. The van der Waals surface area contributed by atoms with Crippen molar-refractivity contribution in [2.75, 3.05) is 27.4 Å². The van der Waals surface area contributed by atoms with Crippen LogP contribution in [0, 0.1) is 3.57 Å². The van der Waals surface area contributed by atoms with Gasteiger partial charge in [0.05, 0.1) is 24.4 Å². The van der Waals surface area contributed by atoms with Gasteiger partial charge >= 0.3 is 11.9 Å². The molecule has 1 aliphatic heterocycles. The van der Waals surface area contributed by atoms with Crippen molar-refractivity contribution in [2.24, 2.45) is 4.99 Å². The molecule has 0 spiro atoms. The molecule has 1 aliphatic rings. The average molecular weight is 537 g/mol. The van der Waals surface area contributed by atoms with E-state index in [1.165, 1.54) is 7.11 Å². The normalized spacial score (nSPS) is 14.1. The largest absolute Gasteiger partial charge is 0.497 e. The molecule has 0 radical (unpaired) electrons. The lowest BCUT2D eigenvalue weighted by molar-refractivity contribution is -0.145. The topological polar surface area (TPSA) is 92.7 Å². The van der Waals surface area contributed by atoms with E-state index in [4.69, 9.17) is 23.7 Å². The highest BCUT2D eigenvalue weighted by Gasteiger charge is 2.24. The zero-order chi connectivity index (χ0) is 22.4. The molecule has 0 N–H and O–H groups in total. The summed E-state index contributed by atoms with van der Waals surface area (Å²) in [4.78, 5) is 28.2. The molecule has 2 aromatic rings. The number of ether oxygens (including phenoxy) is 5. The molecule has 0 unspecified atom stereocenters. The summed E-state index contributed by atoms with van der Waals surface area (Å²) in [5.74, 6) is 0.706. The molecule has 9 heteroatoms. The monoisotopic (exact) mass is 537 g/mol. The van der Waals surface area contributed by atoms with Crippen molar-refractivity contribution in [2.45, 2.75) is 6.92 Å². The summed E-state index contributed by atoms with van der Waals surface area (Å²) in [7, 11) is 3.06. The molecule has 8 nitrogen and oxygen atoms in total. The van der Waals surface area contributed by atoms with E-state index in [2.05, 4.69) is 27.6 Å². The second-order valence-electron chi connectivity index (χ2n) is 6.19. The van der Waals surface area contributed by atoms with Gasteiger partial charge in [0, 0.05) is 5.56 Å². The number of rotatable bonds is 8. The van der Waals surface area contributed by atoms with Gasteiger partial charge in [-0.25, -0.2) is 14.6 Å². The van der Waals surface area contributed by atoms with E-state index in [9.17, 15) is 9.59 Å². The van der Waals surface area contributed by atoms with E-state index < -0.39 is 11.9 Å². The molecule has 0 bridgehead atoms. The van der Waals surface area contributed by atoms with E-state index in [1.807, 2.05) is 0 Å². The number of esters is 2. The Labute approximate surface area is 192 Å². The van der Waals surface area contributed by atoms with Crippen LogP contribution < -0.4 is 14.2 Å². The quantitative estimate of drug-likeness (QED) is 0.289. The highest BCUT2D eigenvalue weighted by Crippen LogP contribution is 2.35. The first-order chi connectivity index (χ1) is 14.9.